The number of hydrogen-bond acceptors (Lipinski definition) is 5. The summed E-state index contributed by atoms with van der Waals surface area (Å²) in [5.41, 5.74) is 2.84. The summed E-state index contributed by atoms with van der Waals surface area (Å²) in [7, 11) is 3.07. The van der Waals surface area contributed by atoms with E-state index in [-0.39, 0.29) is 12.2 Å². The van der Waals surface area contributed by atoms with Crippen LogP contribution in [0.5, 0.6) is 17.2 Å². The molecule has 2 rings (SSSR count). The van der Waals surface area contributed by atoms with Gasteiger partial charge < -0.3 is 24.8 Å². The van der Waals surface area contributed by atoms with Crippen LogP contribution in [0.4, 0.5) is 0 Å². The van der Waals surface area contributed by atoms with Crippen LogP contribution in [0.25, 0.3) is 0 Å². The number of hydrogen-bond donors (Lipinski definition) is 3. The fourth-order valence-electron chi connectivity index (χ4n) is 2.41. The van der Waals surface area contributed by atoms with E-state index < -0.39 is 11.9 Å². The number of methoxy groups -OCH3 is 2. The minimum Gasteiger partial charge on any atom is -0.504 e. The Hall–Kier alpha value is -3.74. The van der Waals surface area contributed by atoms with Crippen molar-refractivity contribution < 1.29 is 34.4 Å². The minimum atomic E-state index is -0.857. The van der Waals surface area contributed by atoms with Gasteiger partial charge in [0, 0.05) is 12.5 Å². The first-order chi connectivity index (χ1) is 14.7. The SMILES string of the molecule is C=CCc1ccc(CC(=O)O)c(OC)c1.C=CCc1ccc(O)c(OC)c1.CC(=O)O. The quantitative estimate of drug-likeness (QED) is 0.536. The molecule has 0 saturated carbocycles. The van der Waals surface area contributed by atoms with Gasteiger partial charge in [0.2, 0.25) is 0 Å². The molecule has 0 bridgehead atoms. The fraction of sp³-hybridized carbons (Fsp3) is 0.250. The molecule has 0 atom stereocenters. The van der Waals surface area contributed by atoms with E-state index in [2.05, 4.69) is 13.2 Å². The van der Waals surface area contributed by atoms with Crippen LogP contribution in [-0.4, -0.2) is 41.5 Å². The first-order valence-corrected chi connectivity index (χ1v) is 9.33. The van der Waals surface area contributed by atoms with Crippen molar-refractivity contribution >= 4 is 11.9 Å². The third kappa shape index (κ3) is 11.8. The number of aliphatic carboxylic acids is 2. The van der Waals surface area contributed by atoms with Crippen LogP contribution in [0, 0.1) is 0 Å². The average molecular weight is 430 g/mol. The maximum atomic E-state index is 10.6. The second kappa shape index (κ2) is 15.1. The molecule has 3 N–H and O–H groups in total. The van der Waals surface area contributed by atoms with Crippen LogP contribution in [0.15, 0.2) is 61.7 Å². The molecule has 7 heteroatoms. The second-order valence-electron chi connectivity index (χ2n) is 6.23. The van der Waals surface area contributed by atoms with E-state index in [9.17, 15) is 9.90 Å². The highest BCUT2D eigenvalue weighted by Gasteiger charge is 2.07. The number of carbonyl (C=O) groups is 2. The van der Waals surface area contributed by atoms with Gasteiger partial charge in [0.25, 0.3) is 5.97 Å². The van der Waals surface area contributed by atoms with Crippen LogP contribution in [0.1, 0.15) is 23.6 Å². The standard InChI is InChI=1S/C12H14O3.C10H12O2.C2H4O2/c1-3-4-9-5-6-10(8-12(13)14)11(7-9)15-2;1-3-4-8-5-6-9(11)10(7-8)12-2;1-2(3)4/h3,5-7H,1,4,8H2,2H3,(H,13,14);3,5-7,11H,1,4H2,2H3;1H3,(H,3,4). The highest BCUT2D eigenvalue weighted by atomic mass is 16.5. The molecule has 2 aromatic carbocycles. The average Bonchev–Trinajstić information content (AvgIpc) is 2.70. The molecule has 0 saturated heterocycles. The van der Waals surface area contributed by atoms with Crippen LogP contribution < -0.4 is 9.47 Å². The van der Waals surface area contributed by atoms with Gasteiger partial charge in [0.05, 0.1) is 20.6 Å². The van der Waals surface area contributed by atoms with Gasteiger partial charge in [-0.1, -0.05) is 30.4 Å². The van der Waals surface area contributed by atoms with Crippen molar-refractivity contribution in [3.8, 4) is 17.2 Å². The maximum Gasteiger partial charge on any atom is 0.307 e. The molecule has 0 heterocycles. The van der Waals surface area contributed by atoms with Crippen molar-refractivity contribution in [1.29, 1.82) is 0 Å². The third-order valence-corrected chi connectivity index (χ3v) is 3.70. The summed E-state index contributed by atoms with van der Waals surface area (Å²) in [6.07, 6.45) is 5.13. The van der Waals surface area contributed by atoms with Gasteiger partial charge >= 0.3 is 5.97 Å². The van der Waals surface area contributed by atoms with Crippen LogP contribution in [0.2, 0.25) is 0 Å². The molecule has 0 spiro atoms. The van der Waals surface area contributed by atoms with Gasteiger partial charge in [0.1, 0.15) is 5.75 Å². The molecule has 168 valence electrons. The summed E-state index contributed by atoms with van der Waals surface area (Å²) in [5.74, 6) is -0.388. The molecule has 7 nitrogen and oxygen atoms in total. The van der Waals surface area contributed by atoms with Crippen molar-refractivity contribution in [2.45, 2.75) is 26.2 Å². The zero-order valence-electron chi connectivity index (χ0n) is 18.1. The Morgan fingerprint density at radius 2 is 1.35 bits per heavy atom. The summed E-state index contributed by atoms with van der Waals surface area (Å²) in [5, 5.41) is 25.4. The largest absolute Gasteiger partial charge is 0.504 e. The molecule has 0 amide bonds. The number of allylic oxidation sites excluding steroid dienone is 2. The summed E-state index contributed by atoms with van der Waals surface area (Å²) in [6.45, 7) is 8.36. The predicted octanol–water partition coefficient (Wildman–Crippen LogP) is 4.27. The van der Waals surface area contributed by atoms with Gasteiger partial charge in [-0.15, -0.1) is 13.2 Å². The smallest absolute Gasteiger partial charge is 0.307 e. The molecular formula is C24H30O7. The highest BCUT2D eigenvalue weighted by Crippen LogP contribution is 2.26. The Labute approximate surface area is 182 Å². The Kier molecular flexibility index (Phi) is 13.3. The van der Waals surface area contributed by atoms with Gasteiger partial charge in [-0.3, -0.25) is 9.59 Å². The Balaban J connectivity index is 0.000000504. The van der Waals surface area contributed by atoms with Crippen molar-refractivity contribution in [2.24, 2.45) is 0 Å². The monoisotopic (exact) mass is 430 g/mol. The van der Waals surface area contributed by atoms with Gasteiger partial charge in [-0.05, 0) is 42.2 Å². The molecule has 0 aromatic heterocycles. The summed E-state index contributed by atoms with van der Waals surface area (Å²) in [4.78, 5) is 19.6. The lowest BCUT2D eigenvalue weighted by molar-refractivity contribution is -0.136. The molecule has 2 aromatic rings. The van der Waals surface area contributed by atoms with Crippen LogP contribution in [0.3, 0.4) is 0 Å². The number of phenolic OH excluding ortho intramolecular Hbond substituents is 1. The summed E-state index contributed by atoms with van der Waals surface area (Å²) >= 11 is 0. The van der Waals surface area contributed by atoms with E-state index in [0.29, 0.717) is 17.1 Å². The zero-order chi connectivity index (χ0) is 23.8. The van der Waals surface area contributed by atoms with Crippen molar-refractivity contribution in [3.05, 3.63) is 78.4 Å². The summed E-state index contributed by atoms with van der Waals surface area (Å²) in [6, 6.07) is 10.8. The van der Waals surface area contributed by atoms with Crippen molar-refractivity contribution in [2.75, 3.05) is 14.2 Å². The lowest BCUT2D eigenvalue weighted by atomic mass is 10.1. The molecule has 31 heavy (non-hydrogen) atoms. The fourth-order valence-corrected chi connectivity index (χ4v) is 2.41. The van der Waals surface area contributed by atoms with E-state index in [1.807, 2.05) is 24.3 Å². The highest BCUT2D eigenvalue weighted by molar-refractivity contribution is 5.71. The number of carboxylic acid groups (broad SMARTS) is 2. The van der Waals surface area contributed by atoms with Gasteiger partial charge in [0.15, 0.2) is 11.5 Å². The van der Waals surface area contributed by atoms with Gasteiger partial charge in [-0.2, -0.15) is 0 Å². The van der Waals surface area contributed by atoms with E-state index in [0.717, 1.165) is 30.9 Å². The number of phenols is 1. The third-order valence-electron chi connectivity index (χ3n) is 3.70. The zero-order valence-corrected chi connectivity index (χ0v) is 18.1. The number of rotatable bonds is 8. The maximum absolute atomic E-state index is 10.6. The van der Waals surface area contributed by atoms with Crippen LogP contribution in [-0.2, 0) is 28.9 Å². The topological polar surface area (TPSA) is 113 Å². The van der Waals surface area contributed by atoms with E-state index in [4.69, 9.17) is 24.5 Å². The first-order valence-electron chi connectivity index (χ1n) is 9.33. The molecule has 0 unspecified atom stereocenters. The minimum absolute atomic E-state index is 0.0163. The molecular weight excluding hydrogens is 400 g/mol. The lowest BCUT2D eigenvalue weighted by Crippen LogP contribution is -2.02. The predicted molar refractivity (Wildman–Crippen MR) is 120 cm³/mol. The van der Waals surface area contributed by atoms with E-state index >= 15 is 0 Å². The Bertz CT molecular complexity index is 868. The van der Waals surface area contributed by atoms with E-state index in [1.54, 1.807) is 31.4 Å². The Morgan fingerprint density at radius 1 is 0.903 bits per heavy atom. The second-order valence-corrected chi connectivity index (χ2v) is 6.23. The molecule has 0 aliphatic heterocycles. The van der Waals surface area contributed by atoms with Crippen LogP contribution >= 0.6 is 0 Å². The molecule has 0 radical (unpaired) electrons. The number of aromatic hydroxyl groups is 1. The number of carboxylic acids is 2. The molecule has 0 fully saturated rings. The van der Waals surface area contributed by atoms with E-state index in [1.165, 1.54) is 7.11 Å². The lowest BCUT2D eigenvalue weighted by Gasteiger charge is -2.08. The first kappa shape index (κ1) is 27.3. The normalized spacial score (nSPS) is 9.13. The van der Waals surface area contributed by atoms with Gasteiger partial charge in [-0.25, -0.2) is 0 Å². The summed E-state index contributed by atoms with van der Waals surface area (Å²) < 4.78 is 10.1. The molecule has 0 aliphatic rings. The Morgan fingerprint density at radius 3 is 1.77 bits per heavy atom. The van der Waals surface area contributed by atoms with Crippen molar-refractivity contribution in [1.82, 2.24) is 0 Å². The number of benzene rings is 2. The van der Waals surface area contributed by atoms with Crippen molar-refractivity contribution in [3.63, 3.8) is 0 Å². The molecule has 0 aliphatic carbocycles. The number of ether oxygens (including phenoxy) is 2.